The summed E-state index contributed by atoms with van der Waals surface area (Å²) in [7, 11) is -3.90. The highest BCUT2D eigenvalue weighted by atomic mass is 31.2. The van der Waals surface area contributed by atoms with E-state index in [4.69, 9.17) is 13.8 Å². The number of benzene rings is 2. The predicted molar refractivity (Wildman–Crippen MR) is 109 cm³/mol. The van der Waals surface area contributed by atoms with Crippen LogP contribution in [0.3, 0.4) is 0 Å². The van der Waals surface area contributed by atoms with Gasteiger partial charge in [-0.1, -0.05) is 56.7 Å². The highest BCUT2D eigenvalue weighted by Gasteiger charge is 2.34. The van der Waals surface area contributed by atoms with Crippen molar-refractivity contribution in [3.8, 4) is 11.5 Å². The maximum atomic E-state index is 13.4. The Morgan fingerprint density at radius 1 is 1.00 bits per heavy atom. The SMILES string of the molecule is Cc1ccc(O[P@](=O)(N[C@@H](C)C(=O)OCC(C)(C)C)Oc2ccccc2)cc1. The molecule has 152 valence electrons. The Balaban J connectivity index is 2.16. The van der Waals surface area contributed by atoms with E-state index in [0.29, 0.717) is 11.5 Å². The van der Waals surface area contributed by atoms with Gasteiger partial charge >= 0.3 is 13.7 Å². The molecule has 0 aromatic heterocycles. The van der Waals surface area contributed by atoms with Crippen LogP contribution in [0.15, 0.2) is 54.6 Å². The molecule has 0 aliphatic carbocycles. The molecule has 28 heavy (non-hydrogen) atoms. The third kappa shape index (κ3) is 7.37. The molecule has 0 radical (unpaired) electrons. The molecule has 0 aliphatic rings. The molecule has 2 rings (SSSR count). The van der Waals surface area contributed by atoms with Crippen molar-refractivity contribution >= 4 is 13.7 Å². The van der Waals surface area contributed by atoms with Gasteiger partial charge in [0.25, 0.3) is 0 Å². The summed E-state index contributed by atoms with van der Waals surface area (Å²) in [4.78, 5) is 12.3. The van der Waals surface area contributed by atoms with Crippen LogP contribution in [0.5, 0.6) is 11.5 Å². The zero-order valence-corrected chi connectivity index (χ0v) is 17.9. The van der Waals surface area contributed by atoms with Gasteiger partial charge in [0, 0.05) is 0 Å². The topological polar surface area (TPSA) is 73.9 Å². The summed E-state index contributed by atoms with van der Waals surface area (Å²) in [5.74, 6) is 0.202. The lowest BCUT2D eigenvalue weighted by atomic mass is 9.99. The number of aryl methyl sites for hydroxylation is 1. The maximum Gasteiger partial charge on any atom is 0.513 e. The van der Waals surface area contributed by atoms with Gasteiger partial charge in [-0.05, 0) is 43.5 Å². The summed E-state index contributed by atoms with van der Waals surface area (Å²) in [6.45, 7) is 9.63. The molecule has 0 bridgehead atoms. The first kappa shape index (κ1) is 22.0. The fourth-order valence-electron chi connectivity index (χ4n) is 2.13. The number of nitrogens with one attached hydrogen (secondary N) is 1. The average Bonchev–Trinajstić information content (AvgIpc) is 2.61. The number of para-hydroxylation sites is 1. The summed E-state index contributed by atoms with van der Waals surface area (Å²) in [5, 5.41) is 2.68. The van der Waals surface area contributed by atoms with Gasteiger partial charge < -0.3 is 13.8 Å². The largest absolute Gasteiger partial charge is 0.513 e. The molecule has 0 fully saturated rings. The van der Waals surface area contributed by atoms with Gasteiger partial charge in [-0.15, -0.1) is 0 Å². The zero-order chi connectivity index (χ0) is 20.8. The zero-order valence-electron chi connectivity index (χ0n) is 17.0. The van der Waals surface area contributed by atoms with Crippen LogP contribution in [-0.4, -0.2) is 18.6 Å². The van der Waals surface area contributed by atoms with E-state index in [-0.39, 0.29) is 12.0 Å². The van der Waals surface area contributed by atoms with Crippen LogP contribution in [0, 0.1) is 12.3 Å². The fourth-order valence-corrected chi connectivity index (χ4v) is 3.65. The van der Waals surface area contributed by atoms with Gasteiger partial charge in [0.2, 0.25) is 0 Å². The Hall–Kier alpha value is -2.30. The minimum absolute atomic E-state index is 0.169. The molecule has 7 heteroatoms. The third-order valence-electron chi connectivity index (χ3n) is 3.57. The van der Waals surface area contributed by atoms with Crippen LogP contribution < -0.4 is 14.1 Å². The normalized spacial score (nSPS) is 14.6. The summed E-state index contributed by atoms with van der Waals surface area (Å²) in [6, 6.07) is 14.8. The van der Waals surface area contributed by atoms with Crippen LogP contribution in [0.4, 0.5) is 0 Å². The van der Waals surface area contributed by atoms with Crippen LogP contribution in [0.25, 0.3) is 0 Å². The molecule has 0 heterocycles. The van der Waals surface area contributed by atoms with Crippen LogP contribution in [-0.2, 0) is 14.1 Å². The number of esters is 1. The molecule has 0 unspecified atom stereocenters. The predicted octanol–water partition coefficient (Wildman–Crippen LogP) is 5.13. The van der Waals surface area contributed by atoms with Crippen molar-refractivity contribution in [3.63, 3.8) is 0 Å². The Kier molecular flexibility index (Phi) is 7.28. The summed E-state index contributed by atoms with van der Waals surface area (Å²) in [5.41, 5.74) is 0.871. The standard InChI is InChI=1S/C21H28NO5P/c1-16-11-13-19(14-12-16)27-28(24,26-18-9-7-6-8-10-18)22-17(2)20(23)25-15-21(3,4)5/h6-14,17H,15H2,1-5H3,(H,22,24)/t17-,28-/m0/s1. The monoisotopic (exact) mass is 405 g/mol. The Labute approximate surface area is 166 Å². The van der Waals surface area contributed by atoms with Crippen molar-refractivity contribution in [1.29, 1.82) is 0 Å². The van der Waals surface area contributed by atoms with Gasteiger partial charge in [-0.3, -0.25) is 4.79 Å². The minimum atomic E-state index is -3.90. The van der Waals surface area contributed by atoms with Crippen molar-refractivity contribution in [3.05, 3.63) is 60.2 Å². The molecule has 2 atom stereocenters. The molecule has 0 aliphatic heterocycles. The molecule has 0 amide bonds. The van der Waals surface area contributed by atoms with Crippen LogP contribution in [0.2, 0.25) is 0 Å². The molecule has 6 nitrogen and oxygen atoms in total. The Bertz CT molecular complexity index is 815. The summed E-state index contributed by atoms with van der Waals surface area (Å²) >= 11 is 0. The van der Waals surface area contributed by atoms with Crippen molar-refractivity contribution in [1.82, 2.24) is 5.09 Å². The van der Waals surface area contributed by atoms with E-state index in [1.165, 1.54) is 0 Å². The van der Waals surface area contributed by atoms with Crippen molar-refractivity contribution in [2.24, 2.45) is 5.41 Å². The van der Waals surface area contributed by atoms with E-state index in [1.54, 1.807) is 43.3 Å². The first-order chi connectivity index (χ1) is 13.1. The number of carbonyl (C=O) groups excluding carboxylic acids is 1. The lowest BCUT2D eigenvalue weighted by Crippen LogP contribution is -2.37. The average molecular weight is 405 g/mol. The second kappa shape index (κ2) is 9.26. The first-order valence-corrected chi connectivity index (χ1v) is 10.7. The molecule has 0 saturated heterocycles. The fraction of sp³-hybridized carbons (Fsp3) is 0.381. The second-order valence-corrected chi connectivity index (χ2v) is 9.44. The quantitative estimate of drug-likeness (QED) is 0.485. The van der Waals surface area contributed by atoms with Gasteiger partial charge in [-0.2, -0.15) is 5.09 Å². The van der Waals surface area contributed by atoms with Gasteiger partial charge in [0.15, 0.2) is 0 Å². The van der Waals surface area contributed by atoms with E-state index in [9.17, 15) is 9.36 Å². The molecule has 1 N–H and O–H groups in total. The number of hydrogen-bond acceptors (Lipinski definition) is 5. The van der Waals surface area contributed by atoms with E-state index >= 15 is 0 Å². The number of hydrogen-bond donors (Lipinski definition) is 1. The van der Waals surface area contributed by atoms with Crippen molar-refractivity contribution in [2.75, 3.05) is 6.61 Å². The highest BCUT2D eigenvalue weighted by Crippen LogP contribution is 2.45. The van der Waals surface area contributed by atoms with Crippen LogP contribution in [0.1, 0.15) is 33.3 Å². The number of carbonyl (C=O) groups is 1. The molecule has 2 aromatic rings. The van der Waals surface area contributed by atoms with E-state index < -0.39 is 19.8 Å². The van der Waals surface area contributed by atoms with E-state index in [0.717, 1.165) is 5.56 Å². The highest BCUT2D eigenvalue weighted by molar-refractivity contribution is 7.52. The molecule has 0 spiro atoms. The molecule has 0 saturated carbocycles. The molecular formula is C21H28NO5P. The lowest BCUT2D eigenvalue weighted by molar-refractivity contribution is -0.148. The summed E-state index contributed by atoms with van der Waals surface area (Å²) < 4.78 is 29.9. The minimum Gasteiger partial charge on any atom is -0.464 e. The third-order valence-corrected chi connectivity index (χ3v) is 5.17. The molecule has 2 aromatic carbocycles. The van der Waals surface area contributed by atoms with Crippen LogP contribution >= 0.6 is 7.75 Å². The summed E-state index contributed by atoms with van der Waals surface area (Å²) in [6.07, 6.45) is 0. The Morgan fingerprint density at radius 3 is 2.07 bits per heavy atom. The van der Waals surface area contributed by atoms with Crippen molar-refractivity contribution < 1.29 is 23.1 Å². The first-order valence-electron chi connectivity index (χ1n) is 9.12. The Morgan fingerprint density at radius 2 is 1.54 bits per heavy atom. The lowest BCUT2D eigenvalue weighted by Gasteiger charge is -2.24. The number of ether oxygens (including phenoxy) is 1. The van der Waals surface area contributed by atoms with E-state index in [2.05, 4.69) is 5.09 Å². The maximum absolute atomic E-state index is 13.4. The second-order valence-electron chi connectivity index (χ2n) is 7.83. The number of rotatable bonds is 8. The van der Waals surface area contributed by atoms with Gasteiger partial charge in [-0.25, -0.2) is 4.57 Å². The van der Waals surface area contributed by atoms with E-state index in [1.807, 2.05) is 45.9 Å². The van der Waals surface area contributed by atoms with Crippen molar-refractivity contribution in [2.45, 2.75) is 40.7 Å². The van der Waals surface area contributed by atoms with Gasteiger partial charge in [0.05, 0.1) is 6.61 Å². The van der Waals surface area contributed by atoms with Gasteiger partial charge in [0.1, 0.15) is 17.5 Å². The molecular weight excluding hydrogens is 377 g/mol. The smallest absolute Gasteiger partial charge is 0.464 e.